The van der Waals surface area contributed by atoms with Crippen LogP contribution in [0.15, 0.2) is 42.5 Å². The average molecular weight is 304 g/mol. The molecule has 0 radical (unpaired) electrons. The molecule has 0 aliphatic heterocycles. The molecule has 2 aromatic carbocycles. The lowest BCUT2D eigenvalue weighted by Crippen LogP contribution is -2.14. The van der Waals surface area contributed by atoms with E-state index >= 15 is 0 Å². The molecule has 0 spiro atoms. The van der Waals surface area contributed by atoms with Crippen LogP contribution < -0.4 is 5.32 Å². The van der Waals surface area contributed by atoms with Gasteiger partial charge in [-0.2, -0.15) is 0 Å². The van der Waals surface area contributed by atoms with Gasteiger partial charge in [0.2, 0.25) is 5.91 Å². The predicted molar refractivity (Wildman–Crippen MR) is 81.9 cm³/mol. The van der Waals surface area contributed by atoms with Gasteiger partial charge in [-0.15, -0.1) is 0 Å². The molecule has 2 aromatic rings. The SMILES string of the molecule is Cc1ccc(CC(=O)Nc2ccc(C(=O)O)c(Cl)c2)cc1. The van der Waals surface area contributed by atoms with Crippen molar-refractivity contribution in [3.63, 3.8) is 0 Å². The molecule has 2 rings (SSSR count). The third-order valence-corrected chi connectivity index (χ3v) is 3.28. The van der Waals surface area contributed by atoms with Crippen LogP contribution in [0.4, 0.5) is 5.69 Å². The van der Waals surface area contributed by atoms with E-state index in [0.717, 1.165) is 11.1 Å². The number of aromatic carboxylic acids is 1. The van der Waals surface area contributed by atoms with E-state index < -0.39 is 5.97 Å². The fourth-order valence-electron chi connectivity index (χ4n) is 1.86. The van der Waals surface area contributed by atoms with Crippen molar-refractivity contribution < 1.29 is 14.7 Å². The summed E-state index contributed by atoms with van der Waals surface area (Å²) in [6, 6.07) is 12.0. The molecule has 0 aromatic heterocycles. The summed E-state index contributed by atoms with van der Waals surface area (Å²) in [5.74, 6) is -1.28. The van der Waals surface area contributed by atoms with Gasteiger partial charge in [0.15, 0.2) is 0 Å². The van der Waals surface area contributed by atoms with Crippen molar-refractivity contribution in [3.05, 3.63) is 64.2 Å². The second-order valence-corrected chi connectivity index (χ2v) is 5.12. The number of carboxylic acid groups (broad SMARTS) is 1. The minimum atomic E-state index is -1.10. The molecule has 0 bridgehead atoms. The van der Waals surface area contributed by atoms with Crippen molar-refractivity contribution in [1.82, 2.24) is 0 Å². The number of amides is 1. The fourth-order valence-corrected chi connectivity index (χ4v) is 2.12. The summed E-state index contributed by atoms with van der Waals surface area (Å²) in [5.41, 5.74) is 2.52. The quantitative estimate of drug-likeness (QED) is 0.908. The number of carbonyl (C=O) groups excluding carboxylic acids is 1. The van der Waals surface area contributed by atoms with Crippen LogP contribution in [0.5, 0.6) is 0 Å². The first-order valence-corrected chi connectivity index (χ1v) is 6.72. The summed E-state index contributed by atoms with van der Waals surface area (Å²) >= 11 is 5.85. The van der Waals surface area contributed by atoms with Crippen molar-refractivity contribution in [3.8, 4) is 0 Å². The van der Waals surface area contributed by atoms with Gasteiger partial charge in [0.25, 0.3) is 0 Å². The van der Waals surface area contributed by atoms with Crippen molar-refractivity contribution in [2.75, 3.05) is 5.32 Å². The van der Waals surface area contributed by atoms with Gasteiger partial charge in [-0.1, -0.05) is 41.4 Å². The molecule has 0 saturated heterocycles. The number of hydrogen-bond acceptors (Lipinski definition) is 2. The van der Waals surface area contributed by atoms with Crippen molar-refractivity contribution in [2.24, 2.45) is 0 Å². The maximum absolute atomic E-state index is 11.9. The number of hydrogen-bond donors (Lipinski definition) is 2. The van der Waals surface area contributed by atoms with E-state index in [1.54, 1.807) is 0 Å². The van der Waals surface area contributed by atoms with Gasteiger partial charge in [0.05, 0.1) is 17.0 Å². The summed E-state index contributed by atoms with van der Waals surface area (Å²) in [7, 11) is 0. The van der Waals surface area contributed by atoms with Crippen LogP contribution >= 0.6 is 11.6 Å². The Balaban J connectivity index is 2.04. The highest BCUT2D eigenvalue weighted by Crippen LogP contribution is 2.21. The lowest BCUT2D eigenvalue weighted by Gasteiger charge is -2.07. The number of carbonyl (C=O) groups is 2. The van der Waals surface area contributed by atoms with E-state index in [1.165, 1.54) is 18.2 Å². The lowest BCUT2D eigenvalue weighted by atomic mass is 10.1. The molecule has 1 amide bonds. The Morgan fingerprint density at radius 3 is 2.38 bits per heavy atom. The Hall–Kier alpha value is -2.33. The minimum absolute atomic E-state index is 0.00759. The van der Waals surface area contributed by atoms with E-state index in [0.29, 0.717) is 5.69 Å². The monoisotopic (exact) mass is 303 g/mol. The number of halogens is 1. The first-order valence-electron chi connectivity index (χ1n) is 6.34. The van der Waals surface area contributed by atoms with Crippen LogP contribution in [0.1, 0.15) is 21.5 Å². The molecule has 0 heterocycles. The molecule has 0 unspecified atom stereocenters. The van der Waals surface area contributed by atoms with Crippen molar-refractivity contribution in [1.29, 1.82) is 0 Å². The highest BCUT2D eigenvalue weighted by atomic mass is 35.5. The zero-order valence-electron chi connectivity index (χ0n) is 11.4. The van der Waals surface area contributed by atoms with E-state index in [9.17, 15) is 9.59 Å². The van der Waals surface area contributed by atoms with Crippen LogP contribution in [0.3, 0.4) is 0 Å². The Kier molecular flexibility index (Phi) is 4.60. The summed E-state index contributed by atoms with van der Waals surface area (Å²) in [6.07, 6.45) is 0.249. The maximum atomic E-state index is 11.9. The van der Waals surface area contributed by atoms with Crippen LogP contribution in [0, 0.1) is 6.92 Å². The second-order valence-electron chi connectivity index (χ2n) is 4.71. The van der Waals surface area contributed by atoms with Gasteiger partial charge in [0.1, 0.15) is 0 Å². The molecule has 0 aliphatic carbocycles. The molecule has 4 nitrogen and oxygen atoms in total. The summed E-state index contributed by atoms with van der Waals surface area (Å²) < 4.78 is 0. The third-order valence-electron chi connectivity index (χ3n) is 2.97. The zero-order valence-corrected chi connectivity index (χ0v) is 12.1. The standard InChI is InChI=1S/C16H14ClNO3/c1-10-2-4-11(5-3-10)8-15(19)18-12-6-7-13(16(20)21)14(17)9-12/h2-7,9H,8H2,1H3,(H,18,19)(H,20,21). The molecule has 0 fully saturated rings. The number of carboxylic acids is 1. The van der Waals surface area contributed by atoms with Gasteiger partial charge in [-0.25, -0.2) is 4.79 Å². The van der Waals surface area contributed by atoms with E-state index in [4.69, 9.17) is 16.7 Å². The number of anilines is 1. The Labute approximate surface area is 127 Å². The van der Waals surface area contributed by atoms with Crippen LogP contribution in [-0.2, 0) is 11.2 Å². The number of aryl methyl sites for hydroxylation is 1. The molecular weight excluding hydrogens is 290 g/mol. The normalized spacial score (nSPS) is 10.2. The molecule has 2 N–H and O–H groups in total. The van der Waals surface area contributed by atoms with Crippen molar-refractivity contribution in [2.45, 2.75) is 13.3 Å². The largest absolute Gasteiger partial charge is 0.478 e. The molecular formula is C16H14ClNO3. The van der Waals surface area contributed by atoms with Crippen molar-refractivity contribution >= 4 is 29.2 Å². The third kappa shape index (κ3) is 4.07. The first kappa shape index (κ1) is 15.1. The first-order chi connectivity index (χ1) is 9.95. The van der Waals surface area contributed by atoms with Gasteiger partial charge in [0, 0.05) is 5.69 Å². The number of nitrogens with one attached hydrogen (secondary N) is 1. The van der Waals surface area contributed by atoms with E-state index in [1.807, 2.05) is 31.2 Å². The fraction of sp³-hybridized carbons (Fsp3) is 0.125. The Morgan fingerprint density at radius 1 is 1.14 bits per heavy atom. The summed E-state index contributed by atoms with van der Waals surface area (Å²) in [4.78, 5) is 22.8. The Morgan fingerprint density at radius 2 is 1.81 bits per heavy atom. The lowest BCUT2D eigenvalue weighted by molar-refractivity contribution is -0.115. The highest BCUT2D eigenvalue weighted by molar-refractivity contribution is 6.33. The van der Waals surface area contributed by atoms with Crippen LogP contribution in [0.2, 0.25) is 5.02 Å². The van der Waals surface area contributed by atoms with Gasteiger partial charge >= 0.3 is 5.97 Å². The molecule has 21 heavy (non-hydrogen) atoms. The Bertz CT molecular complexity index is 680. The topological polar surface area (TPSA) is 66.4 Å². The molecule has 0 saturated carbocycles. The predicted octanol–water partition coefficient (Wildman–Crippen LogP) is 3.53. The van der Waals surface area contributed by atoms with Crippen LogP contribution in [-0.4, -0.2) is 17.0 Å². The zero-order chi connectivity index (χ0) is 15.4. The van der Waals surface area contributed by atoms with Gasteiger partial charge < -0.3 is 10.4 Å². The van der Waals surface area contributed by atoms with Gasteiger partial charge in [-0.3, -0.25) is 4.79 Å². The van der Waals surface area contributed by atoms with E-state index in [2.05, 4.69) is 5.32 Å². The average Bonchev–Trinajstić information content (AvgIpc) is 2.41. The number of benzene rings is 2. The molecule has 0 atom stereocenters. The minimum Gasteiger partial charge on any atom is -0.478 e. The van der Waals surface area contributed by atoms with E-state index in [-0.39, 0.29) is 22.9 Å². The summed E-state index contributed by atoms with van der Waals surface area (Å²) in [5, 5.41) is 11.7. The maximum Gasteiger partial charge on any atom is 0.337 e. The highest BCUT2D eigenvalue weighted by Gasteiger charge is 2.10. The second kappa shape index (κ2) is 6.41. The molecule has 108 valence electrons. The van der Waals surface area contributed by atoms with Gasteiger partial charge in [-0.05, 0) is 30.7 Å². The van der Waals surface area contributed by atoms with Crippen LogP contribution in [0.25, 0.3) is 0 Å². The summed E-state index contributed by atoms with van der Waals surface area (Å²) in [6.45, 7) is 1.98. The molecule has 5 heteroatoms. The number of rotatable bonds is 4. The smallest absolute Gasteiger partial charge is 0.337 e. The molecule has 0 aliphatic rings.